The highest BCUT2D eigenvalue weighted by molar-refractivity contribution is 7.86. The van der Waals surface area contributed by atoms with Crippen molar-refractivity contribution in [3.63, 3.8) is 0 Å². The molecule has 1 aliphatic rings. The number of para-hydroxylation sites is 1. The lowest BCUT2D eigenvalue weighted by Gasteiger charge is -2.28. The Morgan fingerprint density at radius 1 is 1.53 bits per heavy atom. The molecule has 0 fully saturated rings. The van der Waals surface area contributed by atoms with Crippen LogP contribution in [-0.4, -0.2) is 15.5 Å². The van der Waals surface area contributed by atoms with Crippen molar-refractivity contribution in [1.29, 1.82) is 0 Å². The summed E-state index contributed by atoms with van der Waals surface area (Å²) in [7, 11) is -1.05. The molecule has 3 heteroatoms. The topological polar surface area (TPSA) is 29.1 Å². The molecule has 0 aromatic heterocycles. The SMILES string of the molecule is [2H]c1cccc2c1NCCCC(C)(C)[S@@]2=O. The molecule has 15 heavy (non-hydrogen) atoms. The molecule has 1 heterocycles. The largest absolute Gasteiger partial charge is 0.384 e. The maximum Gasteiger partial charge on any atom is 0.0645 e. The first-order valence-corrected chi connectivity index (χ1v) is 6.43. The molecule has 1 atom stereocenters. The molecule has 1 aromatic carbocycles. The van der Waals surface area contributed by atoms with Gasteiger partial charge in [0.1, 0.15) is 0 Å². The van der Waals surface area contributed by atoms with Crippen LogP contribution in [0.5, 0.6) is 0 Å². The van der Waals surface area contributed by atoms with Crippen molar-refractivity contribution in [2.45, 2.75) is 36.3 Å². The van der Waals surface area contributed by atoms with Gasteiger partial charge in [0.15, 0.2) is 0 Å². The summed E-state index contributed by atoms with van der Waals surface area (Å²) >= 11 is 0. The summed E-state index contributed by atoms with van der Waals surface area (Å²) in [5.41, 5.74) is 0.744. The van der Waals surface area contributed by atoms with Crippen molar-refractivity contribution >= 4 is 16.5 Å². The number of benzene rings is 1. The van der Waals surface area contributed by atoms with Gasteiger partial charge in [-0.05, 0) is 38.8 Å². The van der Waals surface area contributed by atoms with Crippen LogP contribution in [0.15, 0.2) is 29.1 Å². The van der Waals surface area contributed by atoms with Crippen molar-refractivity contribution < 1.29 is 5.58 Å². The first-order chi connectivity index (χ1) is 7.52. The molecule has 1 N–H and O–H groups in total. The Morgan fingerprint density at radius 3 is 3.13 bits per heavy atom. The van der Waals surface area contributed by atoms with Crippen LogP contribution >= 0.6 is 0 Å². The summed E-state index contributed by atoms with van der Waals surface area (Å²) < 4.78 is 20.1. The third kappa shape index (κ3) is 2.07. The zero-order chi connectivity index (χ0) is 11.8. The summed E-state index contributed by atoms with van der Waals surface area (Å²) in [6.07, 6.45) is 1.93. The average Bonchev–Trinajstić information content (AvgIpc) is 2.23. The molecule has 0 radical (unpaired) electrons. The lowest BCUT2D eigenvalue weighted by Crippen LogP contribution is -2.29. The summed E-state index contributed by atoms with van der Waals surface area (Å²) in [6.45, 7) is 4.92. The standard InChI is InChI=1S/C12H17NOS/c1-12(2)8-5-9-13-10-6-3-4-7-11(10)15(12)14/h3-4,6-7,13H,5,8-9H2,1-2H3/t15-/m1/s1/i6D. The van der Waals surface area contributed by atoms with Gasteiger partial charge < -0.3 is 5.32 Å². The Labute approximate surface area is 94.9 Å². The smallest absolute Gasteiger partial charge is 0.0645 e. The van der Waals surface area contributed by atoms with E-state index >= 15 is 0 Å². The van der Waals surface area contributed by atoms with E-state index in [1.807, 2.05) is 19.9 Å². The molecule has 0 spiro atoms. The van der Waals surface area contributed by atoms with E-state index in [9.17, 15) is 4.21 Å². The molecular formula is C12H17NOS. The zero-order valence-electron chi connectivity index (χ0n) is 10.2. The Kier molecular flexibility index (Phi) is 2.49. The first-order valence-electron chi connectivity index (χ1n) is 5.78. The normalized spacial score (nSPS) is 25.5. The van der Waals surface area contributed by atoms with Crippen LogP contribution in [0.2, 0.25) is 0 Å². The summed E-state index contributed by atoms with van der Waals surface area (Å²) in [5, 5.41) is 3.22. The number of anilines is 1. The highest BCUT2D eigenvalue weighted by Gasteiger charge is 2.29. The second-order valence-corrected chi connectivity index (χ2v) is 6.55. The molecule has 0 bridgehead atoms. The Balaban J connectivity index is 2.53. The second-order valence-electron chi connectivity index (χ2n) is 4.47. The second kappa shape index (κ2) is 3.97. The predicted molar refractivity (Wildman–Crippen MR) is 64.7 cm³/mol. The molecule has 1 aliphatic heterocycles. The number of rotatable bonds is 0. The minimum Gasteiger partial charge on any atom is -0.384 e. The van der Waals surface area contributed by atoms with Crippen LogP contribution < -0.4 is 5.32 Å². The number of nitrogens with one attached hydrogen (secondary N) is 1. The van der Waals surface area contributed by atoms with Crippen LogP contribution in [0.1, 0.15) is 28.1 Å². The van der Waals surface area contributed by atoms with E-state index in [1.54, 1.807) is 12.1 Å². The number of hydrogen-bond acceptors (Lipinski definition) is 2. The molecule has 0 saturated heterocycles. The van der Waals surface area contributed by atoms with E-state index in [0.29, 0.717) is 6.04 Å². The van der Waals surface area contributed by atoms with E-state index in [4.69, 9.17) is 1.37 Å². The molecule has 0 aliphatic carbocycles. The van der Waals surface area contributed by atoms with Crippen molar-refractivity contribution in [3.8, 4) is 0 Å². The zero-order valence-corrected chi connectivity index (χ0v) is 9.99. The molecule has 2 rings (SSSR count). The van der Waals surface area contributed by atoms with E-state index in [2.05, 4.69) is 5.32 Å². The van der Waals surface area contributed by atoms with Gasteiger partial charge >= 0.3 is 0 Å². The number of fused-ring (bicyclic) bond motifs is 1. The average molecular weight is 224 g/mol. The van der Waals surface area contributed by atoms with Crippen LogP contribution in [0.4, 0.5) is 5.69 Å². The molecule has 2 nitrogen and oxygen atoms in total. The Bertz CT molecular complexity index is 431. The predicted octanol–water partition coefficient (Wildman–Crippen LogP) is 2.78. The summed E-state index contributed by atoms with van der Waals surface area (Å²) in [5.74, 6) is 0. The van der Waals surface area contributed by atoms with Gasteiger partial charge in [0.25, 0.3) is 0 Å². The molecule has 82 valence electrons. The molecule has 0 saturated carbocycles. The maximum absolute atomic E-state index is 12.5. The van der Waals surface area contributed by atoms with Gasteiger partial charge in [-0.3, -0.25) is 4.21 Å². The van der Waals surface area contributed by atoms with Gasteiger partial charge in [-0.15, -0.1) is 0 Å². The summed E-state index contributed by atoms with van der Waals surface area (Å²) in [4.78, 5) is 0.775. The minimum absolute atomic E-state index is 0.204. The molecule has 0 amide bonds. The van der Waals surface area contributed by atoms with Crippen molar-refractivity contribution in [3.05, 3.63) is 24.2 Å². The third-order valence-corrected chi connectivity index (χ3v) is 4.72. The summed E-state index contributed by atoms with van der Waals surface area (Å²) in [6, 6.07) is 5.84. The van der Waals surface area contributed by atoms with Crippen LogP contribution in [-0.2, 0) is 10.8 Å². The third-order valence-electron chi connectivity index (χ3n) is 2.78. The van der Waals surface area contributed by atoms with E-state index in [1.165, 1.54) is 0 Å². The monoisotopic (exact) mass is 224 g/mol. The van der Waals surface area contributed by atoms with E-state index in [-0.39, 0.29) is 4.75 Å². The molecular weight excluding hydrogens is 206 g/mol. The number of hydrogen-bond donors (Lipinski definition) is 1. The van der Waals surface area contributed by atoms with Gasteiger partial charge in [-0.1, -0.05) is 12.1 Å². The molecule has 1 aromatic rings. The fourth-order valence-corrected chi connectivity index (χ4v) is 3.28. The fourth-order valence-electron chi connectivity index (χ4n) is 1.83. The van der Waals surface area contributed by atoms with E-state index < -0.39 is 10.8 Å². The highest BCUT2D eigenvalue weighted by atomic mass is 32.2. The van der Waals surface area contributed by atoms with Gasteiger partial charge in [0, 0.05) is 11.3 Å². The quantitative estimate of drug-likeness (QED) is 0.734. The highest BCUT2D eigenvalue weighted by Crippen LogP contribution is 2.31. The van der Waals surface area contributed by atoms with Crippen molar-refractivity contribution in [2.75, 3.05) is 11.9 Å². The maximum atomic E-state index is 12.5. The van der Waals surface area contributed by atoms with Gasteiger partial charge in [-0.2, -0.15) is 0 Å². The van der Waals surface area contributed by atoms with Crippen molar-refractivity contribution in [1.82, 2.24) is 0 Å². The first kappa shape index (κ1) is 9.40. The molecule has 0 unspecified atom stereocenters. The van der Waals surface area contributed by atoms with Crippen LogP contribution in [0.25, 0.3) is 0 Å². The van der Waals surface area contributed by atoms with Crippen LogP contribution in [0.3, 0.4) is 0 Å². The van der Waals surface area contributed by atoms with Gasteiger partial charge in [-0.25, -0.2) is 0 Å². The van der Waals surface area contributed by atoms with Gasteiger partial charge in [0.2, 0.25) is 0 Å². The van der Waals surface area contributed by atoms with E-state index in [0.717, 1.165) is 30.0 Å². The fraction of sp³-hybridized carbons (Fsp3) is 0.500. The lowest BCUT2D eigenvalue weighted by molar-refractivity contribution is 0.572. The van der Waals surface area contributed by atoms with Gasteiger partial charge in [0.05, 0.1) is 22.8 Å². The Hall–Kier alpha value is -0.830. The lowest BCUT2D eigenvalue weighted by atomic mass is 10.1. The van der Waals surface area contributed by atoms with Crippen LogP contribution in [0, 0.1) is 0 Å². The minimum atomic E-state index is -1.05. The van der Waals surface area contributed by atoms with Crippen molar-refractivity contribution in [2.24, 2.45) is 0 Å². The Morgan fingerprint density at radius 2 is 2.33 bits per heavy atom.